The lowest BCUT2D eigenvalue weighted by Crippen LogP contribution is -2.42. The molecule has 7 nitrogen and oxygen atoms in total. The van der Waals surface area contributed by atoms with Crippen molar-refractivity contribution < 1.29 is 14.0 Å². The van der Waals surface area contributed by atoms with Crippen LogP contribution in [0.25, 0.3) is 11.3 Å². The van der Waals surface area contributed by atoms with Crippen LogP contribution < -0.4 is 16.4 Å². The zero-order chi connectivity index (χ0) is 23.1. The summed E-state index contributed by atoms with van der Waals surface area (Å²) in [6, 6.07) is 17.7. The highest BCUT2D eigenvalue weighted by Gasteiger charge is 2.19. The number of nitrogens with zero attached hydrogens (tertiary/aromatic N) is 2. The van der Waals surface area contributed by atoms with Gasteiger partial charge in [0.05, 0.1) is 22.9 Å². The fraction of sp³-hybridized carbons (Fsp3) is 0.167. The molecule has 1 heterocycles. The van der Waals surface area contributed by atoms with Crippen LogP contribution >= 0.6 is 0 Å². The SMILES string of the molecule is C[C@@H](NC(=O)c1ccc(-c2ccccc2C#N)nc1NCCc1cccc(F)c1)C(N)=O. The highest BCUT2D eigenvalue weighted by molar-refractivity contribution is 6.01. The van der Waals surface area contributed by atoms with Crippen LogP contribution in [-0.4, -0.2) is 29.4 Å². The Morgan fingerprint density at radius 2 is 1.94 bits per heavy atom. The number of amides is 2. The van der Waals surface area contributed by atoms with Crippen molar-refractivity contribution >= 4 is 17.6 Å². The number of anilines is 1. The average Bonchev–Trinajstić information content (AvgIpc) is 2.78. The minimum atomic E-state index is -0.860. The first-order valence-electron chi connectivity index (χ1n) is 9.98. The molecule has 0 aliphatic carbocycles. The quantitative estimate of drug-likeness (QED) is 0.506. The zero-order valence-electron chi connectivity index (χ0n) is 17.4. The first kappa shape index (κ1) is 22.4. The fourth-order valence-corrected chi connectivity index (χ4v) is 3.09. The molecule has 3 aromatic rings. The molecule has 32 heavy (non-hydrogen) atoms. The Bertz CT molecular complexity index is 1190. The largest absolute Gasteiger partial charge is 0.369 e. The molecule has 0 fully saturated rings. The summed E-state index contributed by atoms with van der Waals surface area (Å²) in [5, 5.41) is 15.1. The molecular formula is C24H22FN5O2. The number of nitrogens with two attached hydrogens (primary N) is 1. The van der Waals surface area contributed by atoms with Crippen molar-refractivity contribution in [1.82, 2.24) is 10.3 Å². The van der Waals surface area contributed by atoms with Crippen molar-refractivity contribution in [1.29, 1.82) is 5.26 Å². The van der Waals surface area contributed by atoms with Gasteiger partial charge in [0.25, 0.3) is 5.91 Å². The van der Waals surface area contributed by atoms with E-state index in [1.54, 1.807) is 48.5 Å². The summed E-state index contributed by atoms with van der Waals surface area (Å²) < 4.78 is 13.4. The lowest BCUT2D eigenvalue weighted by Gasteiger charge is -2.15. The molecule has 8 heteroatoms. The molecule has 0 bridgehead atoms. The Balaban J connectivity index is 1.90. The van der Waals surface area contributed by atoms with Crippen molar-refractivity contribution in [3.63, 3.8) is 0 Å². The molecule has 1 atom stereocenters. The minimum Gasteiger partial charge on any atom is -0.369 e. The van der Waals surface area contributed by atoms with E-state index in [2.05, 4.69) is 21.7 Å². The Hall–Kier alpha value is -4.25. The van der Waals surface area contributed by atoms with E-state index < -0.39 is 17.9 Å². The van der Waals surface area contributed by atoms with Crippen molar-refractivity contribution in [2.24, 2.45) is 5.73 Å². The first-order chi connectivity index (χ1) is 15.4. The van der Waals surface area contributed by atoms with Crippen LogP contribution in [0.3, 0.4) is 0 Å². The van der Waals surface area contributed by atoms with Gasteiger partial charge in [-0.25, -0.2) is 9.37 Å². The minimum absolute atomic E-state index is 0.218. The summed E-state index contributed by atoms with van der Waals surface area (Å²) in [6.07, 6.45) is 0.497. The van der Waals surface area contributed by atoms with Crippen molar-refractivity contribution in [2.75, 3.05) is 11.9 Å². The molecule has 0 aliphatic heterocycles. The number of carbonyl (C=O) groups excluding carboxylic acids is 2. The third-order valence-electron chi connectivity index (χ3n) is 4.83. The van der Waals surface area contributed by atoms with E-state index in [-0.39, 0.29) is 17.2 Å². The van der Waals surface area contributed by atoms with Gasteiger partial charge in [-0.05, 0) is 49.2 Å². The van der Waals surface area contributed by atoms with Gasteiger partial charge >= 0.3 is 0 Å². The number of primary amides is 1. The van der Waals surface area contributed by atoms with Gasteiger partial charge in [-0.2, -0.15) is 5.26 Å². The number of rotatable bonds is 8. The monoisotopic (exact) mass is 431 g/mol. The number of nitrogens with one attached hydrogen (secondary N) is 2. The number of hydrogen-bond donors (Lipinski definition) is 3. The van der Waals surface area contributed by atoms with Crippen molar-refractivity contribution in [3.05, 3.63) is 83.2 Å². The number of hydrogen-bond acceptors (Lipinski definition) is 5. The molecule has 0 spiro atoms. The van der Waals surface area contributed by atoms with E-state index in [1.165, 1.54) is 19.1 Å². The first-order valence-corrected chi connectivity index (χ1v) is 9.98. The summed E-state index contributed by atoms with van der Waals surface area (Å²) >= 11 is 0. The molecule has 4 N–H and O–H groups in total. The van der Waals surface area contributed by atoms with Crippen LogP contribution in [0.4, 0.5) is 10.2 Å². The molecular weight excluding hydrogens is 409 g/mol. The van der Waals surface area contributed by atoms with E-state index in [1.807, 2.05) is 0 Å². The van der Waals surface area contributed by atoms with E-state index >= 15 is 0 Å². The van der Waals surface area contributed by atoms with Gasteiger partial charge in [0.2, 0.25) is 5.91 Å². The van der Waals surface area contributed by atoms with Gasteiger partial charge in [-0.3, -0.25) is 9.59 Å². The second-order valence-corrected chi connectivity index (χ2v) is 7.15. The third-order valence-corrected chi connectivity index (χ3v) is 4.83. The Morgan fingerprint density at radius 3 is 2.66 bits per heavy atom. The second-order valence-electron chi connectivity index (χ2n) is 7.15. The lowest BCUT2D eigenvalue weighted by atomic mass is 10.0. The number of carbonyl (C=O) groups is 2. The zero-order valence-corrected chi connectivity index (χ0v) is 17.4. The standard InChI is InChI=1S/C24H22FN5O2/c1-15(22(27)31)29-24(32)20-9-10-21(19-8-3-2-6-17(19)14-26)30-23(20)28-12-11-16-5-4-7-18(25)13-16/h2-10,13,15H,11-12H2,1H3,(H2,27,31)(H,28,30)(H,29,32)/t15-/m1/s1. The third kappa shape index (κ3) is 5.46. The van der Waals surface area contributed by atoms with Gasteiger partial charge < -0.3 is 16.4 Å². The maximum atomic E-state index is 13.4. The Kier molecular flexibility index (Phi) is 7.13. The predicted molar refractivity (Wildman–Crippen MR) is 119 cm³/mol. The van der Waals surface area contributed by atoms with Gasteiger partial charge in [0.15, 0.2) is 0 Å². The van der Waals surface area contributed by atoms with Crippen LogP contribution in [0.15, 0.2) is 60.7 Å². The molecule has 1 aromatic heterocycles. The summed E-state index contributed by atoms with van der Waals surface area (Å²) in [6.45, 7) is 1.87. The van der Waals surface area contributed by atoms with E-state index in [0.29, 0.717) is 29.8 Å². The lowest BCUT2D eigenvalue weighted by molar-refractivity contribution is -0.119. The normalized spacial score (nSPS) is 11.3. The summed E-state index contributed by atoms with van der Waals surface area (Å²) in [4.78, 5) is 28.6. The van der Waals surface area contributed by atoms with Crippen molar-refractivity contribution in [3.8, 4) is 17.3 Å². The van der Waals surface area contributed by atoms with Crippen LogP contribution in [0.5, 0.6) is 0 Å². The van der Waals surface area contributed by atoms with Crippen LogP contribution in [-0.2, 0) is 11.2 Å². The van der Waals surface area contributed by atoms with E-state index in [0.717, 1.165) is 5.56 Å². The molecule has 0 unspecified atom stereocenters. The predicted octanol–water partition coefficient (Wildman–Crippen LogP) is 3.02. The van der Waals surface area contributed by atoms with Gasteiger partial charge in [0.1, 0.15) is 17.7 Å². The van der Waals surface area contributed by atoms with E-state index in [4.69, 9.17) is 5.73 Å². The molecule has 2 aromatic carbocycles. The van der Waals surface area contributed by atoms with Crippen LogP contribution in [0, 0.1) is 17.1 Å². The number of pyridine rings is 1. The fourth-order valence-electron chi connectivity index (χ4n) is 3.09. The molecule has 0 aliphatic rings. The van der Waals surface area contributed by atoms with Crippen molar-refractivity contribution in [2.45, 2.75) is 19.4 Å². The Labute approximate surface area is 185 Å². The topological polar surface area (TPSA) is 121 Å². The molecule has 0 saturated heterocycles. The van der Waals surface area contributed by atoms with Crippen LogP contribution in [0.2, 0.25) is 0 Å². The molecule has 162 valence electrons. The smallest absolute Gasteiger partial charge is 0.255 e. The molecule has 3 rings (SSSR count). The number of nitriles is 1. The number of aromatic nitrogens is 1. The highest BCUT2D eigenvalue weighted by Crippen LogP contribution is 2.25. The summed E-state index contributed by atoms with van der Waals surface area (Å²) in [5.74, 6) is -1.22. The Morgan fingerprint density at radius 1 is 1.16 bits per heavy atom. The highest BCUT2D eigenvalue weighted by atomic mass is 19.1. The average molecular weight is 431 g/mol. The molecule has 2 amide bonds. The summed E-state index contributed by atoms with van der Waals surface area (Å²) in [7, 11) is 0. The molecule has 0 radical (unpaired) electrons. The maximum absolute atomic E-state index is 13.4. The number of benzene rings is 2. The van der Waals surface area contributed by atoms with E-state index in [9.17, 15) is 19.2 Å². The second kappa shape index (κ2) is 10.2. The number of halogens is 1. The van der Waals surface area contributed by atoms with Gasteiger partial charge in [0, 0.05) is 12.1 Å². The van der Waals surface area contributed by atoms with Crippen LogP contribution in [0.1, 0.15) is 28.4 Å². The van der Waals surface area contributed by atoms with Gasteiger partial charge in [-0.15, -0.1) is 0 Å². The maximum Gasteiger partial charge on any atom is 0.255 e. The summed E-state index contributed by atoms with van der Waals surface area (Å²) in [5.41, 5.74) is 7.83. The van der Waals surface area contributed by atoms with Gasteiger partial charge in [-0.1, -0.05) is 30.3 Å². The molecule has 0 saturated carbocycles.